The molecule has 6 nitrogen and oxygen atoms in total. The van der Waals surface area contributed by atoms with Gasteiger partial charge in [-0.1, -0.05) is 36.4 Å². The summed E-state index contributed by atoms with van der Waals surface area (Å²) in [6.07, 6.45) is 3.45. The highest BCUT2D eigenvalue weighted by Crippen LogP contribution is 2.26. The van der Waals surface area contributed by atoms with Gasteiger partial charge in [0.2, 0.25) is 0 Å². The summed E-state index contributed by atoms with van der Waals surface area (Å²) in [4.78, 5) is 21.8. The second-order valence-electron chi connectivity index (χ2n) is 6.37. The molecule has 1 amide bonds. The third-order valence-electron chi connectivity index (χ3n) is 4.46. The lowest BCUT2D eigenvalue weighted by Gasteiger charge is -2.09. The summed E-state index contributed by atoms with van der Waals surface area (Å²) in [5.74, 6) is -0.153. The minimum atomic E-state index is -0.153. The van der Waals surface area contributed by atoms with Crippen LogP contribution in [0.15, 0.2) is 60.9 Å². The molecule has 27 heavy (non-hydrogen) atoms. The van der Waals surface area contributed by atoms with Gasteiger partial charge in [0.15, 0.2) is 5.65 Å². The summed E-state index contributed by atoms with van der Waals surface area (Å²) in [6, 6.07) is 15.5. The van der Waals surface area contributed by atoms with E-state index in [9.17, 15) is 4.79 Å². The molecule has 4 rings (SSSR count). The van der Waals surface area contributed by atoms with Crippen LogP contribution >= 0.6 is 0 Å². The second kappa shape index (κ2) is 6.99. The Labute approximate surface area is 156 Å². The standard InChI is InChI=1S/C21H19N5O/c1-14-19-17(21(27)23-13-15-7-6-10-22-12-15)11-18(16-8-4-3-5-9-16)24-20(19)26(2)25-14/h3-12H,13H2,1-2H3,(H,23,27). The van der Waals surface area contributed by atoms with Crippen LogP contribution in [0.1, 0.15) is 21.6 Å². The molecule has 3 heterocycles. The van der Waals surface area contributed by atoms with Crippen molar-refractivity contribution in [2.45, 2.75) is 13.5 Å². The van der Waals surface area contributed by atoms with E-state index >= 15 is 0 Å². The van der Waals surface area contributed by atoms with Crippen LogP contribution in [0.2, 0.25) is 0 Å². The number of fused-ring (bicyclic) bond motifs is 1. The monoisotopic (exact) mass is 357 g/mol. The highest BCUT2D eigenvalue weighted by molar-refractivity contribution is 6.07. The Morgan fingerprint density at radius 3 is 2.70 bits per heavy atom. The first kappa shape index (κ1) is 16.9. The largest absolute Gasteiger partial charge is 0.348 e. The Morgan fingerprint density at radius 1 is 1.15 bits per heavy atom. The normalized spacial score (nSPS) is 10.9. The number of hydrogen-bond donors (Lipinski definition) is 1. The fourth-order valence-electron chi connectivity index (χ4n) is 3.16. The molecular formula is C21H19N5O. The molecule has 0 atom stereocenters. The minimum absolute atomic E-state index is 0.153. The molecule has 0 saturated heterocycles. The third kappa shape index (κ3) is 3.29. The van der Waals surface area contributed by atoms with Crippen molar-refractivity contribution < 1.29 is 4.79 Å². The van der Waals surface area contributed by atoms with Crippen LogP contribution in [0, 0.1) is 6.92 Å². The van der Waals surface area contributed by atoms with Crippen molar-refractivity contribution >= 4 is 16.9 Å². The fraction of sp³-hybridized carbons (Fsp3) is 0.143. The van der Waals surface area contributed by atoms with E-state index < -0.39 is 0 Å². The van der Waals surface area contributed by atoms with E-state index in [0.29, 0.717) is 17.8 Å². The van der Waals surface area contributed by atoms with Crippen LogP contribution in [0.25, 0.3) is 22.3 Å². The maximum absolute atomic E-state index is 13.0. The molecule has 0 fully saturated rings. The van der Waals surface area contributed by atoms with E-state index in [1.807, 2.05) is 62.5 Å². The number of nitrogens with zero attached hydrogens (tertiary/aromatic N) is 4. The fourth-order valence-corrected chi connectivity index (χ4v) is 3.16. The van der Waals surface area contributed by atoms with E-state index in [1.54, 1.807) is 17.1 Å². The maximum Gasteiger partial charge on any atom is 0.252 e. The maximum atomic E-state index is 13.0. The topological polar surface area (TPSA) is 72.7 Å². The van der Waals surface area contributed by atoms with Gasteiger partial charge in [-0.15, -0.1) is 0 Å². The number of aromatic nitrogens is 4. The summed E-state index contributed by atoms with van der Waals surface area (Å²) < 4.78 is 1.72. The SMILES string of the molecule is Cc1nn(C)c2nc(-c3ccccc3)cc(C(=O)NCc3cccnc3)c12. The predicted octanol–water partition coefficient (Wildman–Crippen LogP) is 3.27. The summed E-state index contributed by atoms with van der Waals surface area (Å²) in [6.45, 7) is 2.31. The van der Waals surface area contributed by atoms with E-state index in [-0.39, 0.29) is 5.91 Å². The lowest BCUT2D eigenvalue weighted by Crippen LogP contribution is -2.23. The van der Waals surface area contributed by atoms with Gasteiger partial charge in [0.25, 0.3) is 5.91 Å². The Kier molecular flexibility index (Phi) is 4.38. The van der Waals surface area contributed by atoms with Crippen molar-refractivity contribution in [1.29, 1.82) is 0 Å². The number of aryl methyl sites for hydroxylation is 2. The number of rotatable bonds is 4. The molecule has 0 radical (unpaired) electrons. The van der Waals surface area contributed by atoms with E-state index in [4.69, 9.17) is 4.98 Å². The van der Waals surface area contributed by atoms with Gasteiger partial charge in [-0.3, -0.25) is 14.5 Å². The summed E-state index contributed by atoms with van der Waals surface area (Å²) in [5, 5.41) is 8.21. The van der Waals surface area contributed by atoms with Crippen molar-refractivity contribution in [2.75, 3.05) is 0 Å². The van der Waals surface area contributed by atoms with Crippen molar-refractivity contribution in [3.63, 3.8) is 0 Å². The molecule has 0 unspecified atom stereocenters. The number of nitrogens with one attached hydrogen (secondary N) is 1. The highest BCUT2D eigenvalue weighted by atomic mass is 16.1. The van der Waals surface area contributed by atoms with Gasteiger partial charge >= 0.3 is 0 Å². The lowest BCUT2D eigenvalue weighted by molar-refractivity contribution is 0.0952. The van der Waals surface area contributed by atoms with Crippen LogP contribution in [-0.2, 0) is 13.6 Å². The Bertz CT molecular complexity index is 1100. The number of amides is 1. The van der Waals surface area contributed by atoms with Gasteiger partial charge < -0.3 is 5.32 Å². The Balaban J connectivity index is 1.77. The Hall–Kier alpha value is -3.54. The predicted molar refractivity (Wildman–Crippen MR) is 104 cm³/mol. The smallest absolute Gasteiger partial charge is 0.252 e. The molecule has 0 aliphatic carbocycles. The van der Waals surface area contributed by atoms with E-state index in [2.05, 4.69) is 15.4 Å². The zero-order valence-corrected chi connectivity index (χ0v) is 15.2. The van der Waals surface area contributed by atoms with Gasteiger partial charge in [-0.25, -0.2) is 4.98 Å². The lowest BCUT2D eigenvalue weighted by atomic mass is 10.0. The first-order chi connectivity index (χ1) is 13.1. The van der Waals surface area contributed by atoms with Gasteiger partial charge in [-0.05, 0) is 24.6 Å². The van der Waals surface area contributed by atoms with Gasteiger partial charge in [0.05, 0.1) is 22.3 Å². The molecule has 4 aromatic rings. The van der Waals surface area contributed by atoms with E-state index in [1.165, 1.54) is 0 Å². The molecule has 0 bridgehead atoms. The first-order valence-electron chi connectivity index (χ1n) is 8.70. The number of carbonyl (C=O) groups is 1. The average molecular weight is 357 g/mol. The number of hydrogen-bond acceptors (Lipinski definition) is 4. The van der Waals surface area contributed by atoms with Crippen LogP contribution in [-0.4, -0.2) is 25.7 Å². The minimum Gasteiger partial charge on any atom is -0.348 e. The molecule has 0 spiro atoms. The molecule has 1 aromatic carbocycles. The third-order valence-corrected chi connectivity index (χ3v) is 4.46. The molecular weight excluding hydrogens is 338 g/mol. The Morgan fingerprint density at radius 2 is 1.96 bits per heavy atom. The zero-order chi connectivity index (χ0) is 18.8. The molecule has 134 valence electrons. The molecule has 6 heteroatoms. The summed E-state index contributed by atoms with van der Waals surface area (Å²) in [5.41, 5.74) is 4.71. The molecule has 0 saturated carbocycles. The molecule has 0 aliphatic heterocycles. The number of pyridine rings is 2. The number of carbonyl (C=O) groups excluding carboxylic acids is 1. The average Bonchev–Trinajstić information content (AvgIpc) is 3.00. The van der Waals surface area contributed by atoms with Gasteiger partial charge in [-0.2, -0.15) is 5.10 Å². The first-order valence-corrected chi connectivity index (χ1v) is 8.70. The van der Waals surface area contributed by atoms with E-state index in [0.717, 1.165) is 27.9 Å². The van der Waals surface area contributed by atoms with Crippen molar-refractivity contribution in [1.82, 2.24) is 25.1 Å². The van der Waals surface area contributed by atoms with Crippen molar-refractivity contribution in [3.05, 3.63) is 77.7 Å². The summed E-state index contributed by atoms with van der Waals surface area (Å²) in [7, 11) is 1.84. The second-order valence-corrected chi connectivity index (χ2v) is 6.37. The quantitative estimate of drug-likeness (QED) is 0.608. The van der Waals surface area contributed by atoms with Gasteiger partial charge in [0, 0.05) is 31.5 Å². The highest BCUT2D eigenvalue weighted by Gasteiger charge is 2.19. The van der Waals surface area contributed by atoms with Crippen molar-refractivity contribution in [3.8, 4) is 11.3 Å². The van der Waals surface area contributed by atoms with Crippen LogP contribution in [0.4, 0.5) is 0 Å². The molecule has 0 aliphatic rings. The summed E-state index contributed by atoms with van der Waals surface area (Å²) >= 11 is 0. The molecule has 3 aromatic heterocycles. The van der Waals surface area contributed by atoms with Crippen LogP contribution < -0.4 is 5.32 Å². The molecule has 1 N–H and O–H groups in total. The van der Waals surface area contributed by atoms with Gasteiger partial charge in [0.1, 0.15) is 0 Å². The van der Waals surface area contributed by atoms with Crippen LogP contribution in [0.5, 0.6) is 0 Å². The van der Waals surface area contributed by atoms with Crippen molar-refractivity contribution in [2.24, 2.45) is 7.05 Å². The van der Waals surface area contributed by atoms with Crippen LogP contribution in [0.3, 0.4) is 0 Å². The zero-order valence-electron chi connectivity index (χ0n) is 15.2. The number of benzene rings is 1.